The minimum atomic E-state index is -0.980. The molecule has 1 N–H and O–H groups in total. The van der Waals surface area contributed by atoms with Crippen LogP contribution < -0.4 is 0 Å². The van der Waals surface area contributed by atoms with Crippen LogP contribution >= 0.6 is 0 Å². The Bertz CT molecular complexity index is 558. The van der Waals surface area contributed by atoms with Gasteiger partial charge < -0.3 is 14.3 Å². The predicted octanol–water partition coefficient (Wildman–Crippen LogP) is 2.69. The fourth-order valence-corrected chi connectivity index (χ4v) is 2.81. The van der Waals surface area contributed by atoms with E-state index in [1.54, 1.807) is 0 Å². The largest absolute Gasteiger partial charge is 0.481 e. The van der Waals surface area contributed by atoms with Crippen molar-refractivity contribution in [1.82, 2.24) is 0 Å². The molecule has 2 unspecified atom stereocenters. The van der Waals surface area contributed by atoms with Gasteiger partial charge in [0.2, 0.25) is 0 Å². The van der Waals surface area contributed by atoms with E-state index in [1.165, 1.54) is 12.5 Å². The maximum absolute atomic E-state index is 11.9. The summed E-state index contributed by atoms with van der Waals surface area (Å²) >= 11 is 0. The van der Waals surface area contributed by atoms with Gasteiger partial charge in [0.15, 0.2) is 6.10 Å². The molecule has 0 aliphatic heterocycles. The van der Waals surface area contributed by atoms with Crippen LogP contribution in [0.15, 0.2) is 24.3 Å². The van der Waals surface area contributed by atoms with E-state index in [9.17, 15) is 14.7 Å². The highest BCUT2D eigenvalue weighted by Crippen LogP contribution is 2.25. The molecule has 0 spiro atoms. The Morgan fingerprint density at radius 3 is 2.04 bits per heavy atom. The number of rotatable bonds is 8. The van der Waals surface area contributed by atoms with Gasteiger partial charge in [0, 0.05) is 6.92 Å². The van der Waals surface area contributed by atoms with Crippen molar-refractivity contribution in [2.45, 2.75) is 39.2 Å². The lowest BCUT2D eigenvalue weighted by atomic mass is 9.91. The molecule has 134 valence electrons. The summed E-state index contributed by atoms with van der Waals surface area (Å²) in [7, 11) is 5.84. The van der Waals surface area contributed by atoms with Gasteiger partial charge in [-0.3, -0.25) is 9.59 Å². The van der Waals surface area contributed by atoms with Gasteiger partial charge in [0.25, 0.3) is 0 Å². The Kier molecular flexibility index (Phi) is 6.96. The van der Waals surface area contributed by atoms with E-state index in [1.807, 2.05) is 45.4 Å². The van der Waals surface area contributed by atoms with Gasteiger partial charge in [-0.2, -0.15) is 0 Å². The molecule has 0 fully saturated rings. The van der Waals surface area contributed by atoms with Crippen molar-refractivity contribution in [3.05, 3.63) is 35.4 Å². The van der Waals surface area contributed by atoms with Crippen LogP contribution in [0.2, 0.25) is 0 Å². The van der Waals surface area contributed by atoms with Crippen molar-refractivity contribution in [2.24, 2.45) is 5.92 Å². The summed E-state index contributed by atoms with van der Waals surface area (Å²) in [6.07, 6.45) is 0.237. The van der Waals surface area contributed by atoms with Crippen LogP contribution in [-0.4, -0.2) is 55.3 Å². The molecular weight excluding hydrogens is 306 g/mol. The van der Waals surface area contributed by atoms with Gasteiger partial charge in [-0.1, -0.05) is 38.1 Å². The molecule has 1 aromatic carbocycles. The number of carbonyl (C=O) groups is 2. The number of carboxylic acid groups (broad SMARTS) is 1. The molecule has 0 heterocycles. The summed E-state index contributed by atoms with van der Waals surface area (Å²) in [5.74, 6) is -1.78. The van der Waals surface area contributed by atoms with Crippen LogP contribution in [0.1, 0.15) is 37.8 Å². The average Bonchev–Trinajstić information content (AvgIpc) is 2.37. The Morgan fingerprint density at radius 1 is 1.12 bits per heavy atom. The smallest absolute Gasteiger partial charge is 0.315 e. The first-order chi connectivity index (χ1) is 11.0. The van der Waals surface area contributed by atoms with E-state index in [0.717, 1.165) is 6.42 Å². The monoisotopic (exact) mass is 336 g/mol. The maximum atomic E-state index is 11.9. The lowest BCUT2D eigenvalue weighted by Crippen LogP contribution is -2.46. The molecule has 5 nitrogen and oxygen atoms in total. The minimum Gasteiger partial charge on any atom is -0.481 e. The van der Waals surface area contributed by atoms with Crippen molar-refractivity contribution in [3.63, 3.8) is 0 Å². The number of hydrogen-bond donors (Lipinski definition) is 1. The third-order valence-electron chi connectivity index (χ3n) is 3.67. The molecule has 0 saturated heterocycles. The summed E-state index contributed by atoms with van der Waals surface area (Å²) in [6.45, 7) is 6.02. The van der Waals surface area contributed by atoms with Crippen LogP contribution in [-0.2, 0) is 20.7 Å². The molecule has 0 aliphatic carbocycles. The molecule has 5 heteroatoms. The fourth-order valence-electron chi connectivity index (χ4n) is 2.81. The quantitative estimate of drug-likeness (QED) is 0.586. The molecule has 0 bridgehead atoms. The zero-order valence-corrected chi connectivity index (χ0v) is 15.6. The van der Waals surface area contributed by atoms with E-state index in [4.69, 9.17) is 4.74 Å². The first kappa shape index (κ1) is 20.2. The maximum Gasteiger partial charge on any atom is 0.315 e. The molecule has 2 atom stereocenters. The molecule has 0 amide bonds. The van der Waals surface area contributed by atoms with Crippen LogP contribution in [0.25, 0.3) is 0 Å². The lowest BCUT2D eigenvalue weighted by molar-refractivity contribution is -0.873. The van der Waals surface area contributed by atoms with Gasteiger partial charge in [-0.15, -0.1) is 0 Å². The van der Waals surface area contributed by atoms with E-state index in [-0.39, 0.29) is 0 Å². The number of carboxylic acids is 1. The SMILES string of the molecule is CC(=O)OC(C[N+](C)(C)C)C(C(=O)O)c1ccc(CC(C)C)cc1. The molecular formula is C19H30NO4+. The van der Waals surface area contributed by atoms with Crippen LogP contribution in [0.5, 0.6) is 0 Å². The Balaban J connectivity index is 3.12. The molecule has 0 aromatic heterocycles. The van der Waals surface area contributed by atoms with Gasteiger partial charge in [0.05, 0.1) is 21.1 Å². The number of hydrogen-bond acceptors (Lipinski definition) is 3. The fraction of sp³-hybridized carbons (Fsp3) is 0.579. The Hall–Kier alpha value is -1.88. The van der Waals surface area contributed by atoms with Gasteiger partial charge >= 0.3 is 11.9 Å². The number of ether oxygens (including phenoxy) is 1. The molecule has 0 saturated carbocycles. The molecule has 0 radical (unpaired) electrons. The minimum absolute atomic E-state index is 0.421. The summed E-state index contributed by atoms with van der Waals surface area (Å²) in [5.41, 5.74) is 1.84. The van der Waals surface area contributed by atoms with Gasteiger partial charge in [0.1, 0.15) is 12.5 Å². The Labute approximate surface area is 144 Å². The predicted molar refractivity (Wildman–Crippen MR) is 93.8 cm³/mol. The number of quaternary nitrogens is 1. The van der Waals surface area contributed by atoms with Crippen molar-refractivity contribution in [1.29, 1.82) is 0 Å². The normalized spacial score (nSPS) is 14.3. The summed E-state index contributed by atoms with van der Waals surface area (Å²) < 4.78 is 5.87. The zero-order valence-electron chi connectivity index (χ0n) is 15.6. The molecule has 1 rings (SSSR count). The second-order valence-corrected chi connectivity index (χ2v) is 7.78. The lowest BCUT2D eigenvalue weighted by Gasteiger charge is -2.31. The van der Waals surface area contributed by atoms with Crippen molar-refractivity contribution in [2.75, 3.05) is 27.7 Å². The first-order valence-electron chi connectivity index (χ1n) is 8.29. The molecule has 1 aromatic rings. The number of esters is 1. The second-order valence-electron chi connectivity index (χ2n) is 7.78. The zero-order chi connectivity index (χ0) is 18.5. The summed E-state index contributed by atoms with van der Waals surface area (Å²) in [5, 5.41) is 9.72. The average molecular weight is 336 g/mol. The van der Waals surface area contributed by atoms with E-state index < -0.39 is 24.0 Å². The third-order valence-corrected chi connectivity index (χ3v) is 3.67. The summed E-state index contributed by atoms with van der Waals surface area (Å²) in [4.78, 5) is 23.3. The van der Waals surface area contributed by atoms with Gasteiger partial charge in [-0.05, 0) is 23.5 Å². The number of aliphatic carboxylic acids is 1. The number of likely N-dealkylation sites (N-methyl/N-ethyl adjacent to an activating group) is 1. The standard InChI is InChI=1S/C19H29NO4/c1-13(2)11-15-7-9-16(10-8-15)18(19(22)23)17(24-14(3)21)12-20(4,5)6/h7-10,13,17-18H,11-12H2,1-6H3/p+1. The molecule has 24 heavy (non-hydrogen) atoms. The topological polar surface area (TPSA) is 63.6 Å². The van der Waals surface area contributed by atoms with E-state index in [2.05, 4.69) is 13.8 Å². The van der Waals surface area contributed by atoms with Crippen LogP contribution in [0.4, 0.5) is 0 Å². The summed E-state index contributed by atoms with van der Waals surface area (Å²) in [6, 6.07) is 7.59. The van der Waals surface area contributed by atoms with Crippen molar-refractivity contribution < 1.29 is 23.9 Å². The van der Waals surface area contributed by atoms with E-state index in [0.29, 0.717) is 22.5 Å². The highest BCUT2D eigenvalue weighted by Gasteiger charge is 2.36. The van der Waals surface area contributed by atoms with Crippen molar-refractivity contribution in [3.8, 4) is 0 Å². The van der Waals surface area contributed by atoms with Crippen LogP contribution in [0.3, 0.4) is 0 Å². The number of carbonyl (C=O) groups excluding carboxylic acids is 1. The van der Waals surface area contributed by atoms with E-state index >= 15 is 0 Å². The first-order valence-corrected chi connectivity index (χ1v) is 8.29. The highest BCUT2D eigenvalue weighted by atomic mass is 16.5. The second kappa shape index (κ2) is 8.29. The Morgan fingerprint density at radius 2 is 1.67 bits per heavy atom. The number of nitrogens with zero attached hydrogens (tertiary/aromatic N) is 1. The van der Waals surface area contributed by atoms with Crippen molar-refractivity contribution >= 4 is 11.9 Å². The highest BCUT2D eigenvalue weighted by molar-refractivity contribution is 5.78. The molecule has 0 aliphatic rings. The number of benzene rings is 1. The van der Waals surface area contributed by atoms with Gasteiger partial charge in [-0.25, -0.2) is 0 Å². The van der Waals surface area contributed by atoms with Crippen LogP contribution in [0, 0.1) is 5.92 Å². The third kappa shape index (κ3) is 6.71.